The Balaban J connectivity index is 1.75. The number of aromatic nitrogens is 3. The summed E-state index contributed by atoms with van der Waals surface area (Å²) in [7, 11) is 0. The number of aromatic amines is 1. The van der Waals surface area contributed by atoms with Gasteiger partial charge in [0.2, 0.25) is 0 Å². The fraction of sp³-hybridized carbons (Fsp3) is 0.308. The Bertz CT molecular complexity index is 651. The molecule has 2 aromatic heterocycles. The first-order valence-electron chi connectivity index (χ1n) is 6.17. The standard InChI is InChI=1S/C13H14N4OS/c14-11-5-4-8(6-15-11)7-19-13-16-10-3-1-2-9(10)12(18)17-13/h4-6H,1-3,7H2,(H2,14,15)(H,16,17,18). The lowest BCUT2D eigenvalue weighted by molar-refractivity contribution is 0.869. The molecule has 0 saturated carbocycles. The highest BCUT2D eigenvalue weighted by Gasteiger charge is 2.17. The maximum Gasteiger partial charge on any atom is 0.254 e. The van der Waals surface area contributed by atoms with Crippen LogP contribution in [0.4, 0.5) is 5.82 Å². The second kappa shape index (κ2) is 5.05. The van der Waals surface area contributed by atoms with E-state index < -0.39 is 0 Å². The number of pyridine rings is 1. The van der Waals surface area contributed by atoms with Crippen LogP contribution in [0.5, 0.6) is 0 Å². The minimum atomic E-state index is 0.0143. The van der Waals surface area contributed by atoms with Gasteiger partial charge in [0.25, 0.3) is 5.56 Å². The van der Waals surface area contributed by atoms with Crippen LogP contribution in [0, 0.1) is 0 Å². The average molecular weight is 274 g/mol. The first-order valence-corrected chi connectivity index (χ1v) is 7.16. The third-order valence-corrected chi connectivity index (χ3v) is 4.09. The number of nitrogens with two attached hydrogens (primary N) is 1. The Kier molecular flexibility index (Phi) is 3.25. The summed E-state index contributed by atoms with van der Waals surface area (Å²) in [6.07, 6.45) is 4.54. The molecule has 5 nitrogen and oxygen atoms in total. The summed E-state index contributed by atoms with van der Waals surface area (Å²) in [4.78, 5) is 23.2. The average Bonchev–Trinajstić information content (AvgIpc) is 2.87. The van der Waals surface area contributed by atoms with E-state index in [2.05, 4.69) is 15.0 Å². The molecule has 0 atom stereocenters. The van der Waals surface area contributed by atoms with Crippen LogP contribution in [-0.2, 0) is 18.6 Å². The van der Waals surface area contributed by atoms with Crippen LogP contribution < -0.4 is 11.3 Å². The van der Waals surface area contributed by atoms with Crippen LogP contribution in [0.25, 0.3) is 0 Å². The van der Waals surface area contributed by atoms with Crippen LogP contribution in [0.1, 0.15) is 23.2 Å². The molecular formula is C13H14N4OS. The molecule has 2 heterocycles. The van der Waals surface area contributed by atoms with E-state index in [1.54, 1.807) is 12.3 Å². The van der Waals surface area contributed by atoms with Crippen LogP contribution in [0.3, 0.4) is 0 Å². The van der Waals surface area contributed by atoms with E-state index in [9.17, 15) is 4.79 Å². The number of aryl methyl sites for hydroxylation is 1. The van der Waals surface area contributed by atoms with Crippen LogP contribution in [0.15, 0.2) is 28.3 Å². The molecule has 0 fully saturated rings. The second-order valence-corrected chi connectivity index (χ2v) is 5.49. The monoisotopic (exact) mass is 274 g/mol. The summed E-state index contributed by atoms with van der Waals surface area (Å²) in [5.41, 5.74) is 8.43. The van der Waals surface area contributed by atoms with Gasteiger partial charge in [0, 0.05) is 17.5 Å². The molecule has 0 saturated heterocycles. The summed E-state index contributed by atoms with van der Waals surface area (Å²) in [6, 6.07) is 3.70. The Hall–Kier alpha value is -1.82. The Morgan fingerprint density at radius 1 is 1.37 bits per heavy atom. The van der Waals surface area contributed by atoms with Gasteiger partial charge in [-0.15, -0.1) is 0 Å². The first kappa shape index (κ1) is 12.2. The molecule has 0 unspecified atom stereocenters. The maximum absolute atomic E-state index is 11.9. The molecule has 98 valence electrons. The third-order valence-electron chi connectivity index (χ3n) is 3.14. The van der Waals surface area contributed by atoms with E-state index >= 15 is 0 Å². The van der Waals surface area contributed by atoms with Crippen molar-refractivity contribution in [3.05, 3.63) is 45.5 Å². The number of hydrogen-bond acceptors (Lipinski definition) is 5. The SMILES string of the molecule is Nc1ccc(CSc2nc3c(c(=O)[nH]2)CCC3)cn1. The van der Waals surface area contributed by atoms with Crippen LogP contribution >= 0.6 is 11.8 Å². The lowest BCUT2D eigenvalue weighted by Gasteiger charge is -2.04. The number of thioether (sulfide) groups is 1. The third kappa shape index (κ3) is 2.63. The molecule has 1 aliphatic rings. The Morgan fingerprint density at radius 2 is 2.26 bits per heavy atom. The quantitative estimate of drug-likeness (QED) is 0.655. The summed E-state index contributed by atoms with van der Waals surface area (Å²) >= 11 is 1.51. The summed E-state index contributed by atoms with van der Waals surface area (Å²) in [5, 5.41) is 0.683. The number of fused-ring (bicyclic) bond motifs is 1. The van der Waals surface area contributed by atoms with Crippen molar-refractivity contribution in [1.29, 1.82) is 0 Å². The molecule has 19 heavy (non-hydrogen) atoms. The number of anilines is 1. The van der Waals surface area contributed by atoms with Gasteiger partial charge in [0.15, 0.2) is 5.16 Å². The van der Waals surface area contributed by atoms with Gasteiger partial charge in [-0.2, -0.15) is 0 Å². The van der Waals surface area contributed by atoms with Gasteiger partial charge in [-0.1, -0.05) is 17.8 Å². The number of nitrogen functional groups attached to an aromatic ring is 1. The van der Waals surface area contributed by atoms with Crippen molar-refractivity contribution < 1.29 is 0 Å². The van der Waals surface area contributed by atoms with Crippen molar-refractivity contribution in [1.82, 2.24) is 15.0 Å². The van der Waals surface area contributed by atoms with Crippen molar-refractivity contribution in [3.63, 3.8) is 0 Å². The van der Waals surface area contributed by atoms with E-state index in [0.717, 1.165) is 41.8 Å². The minimum absolute atomic E-state index is 0.0143. The highest BCUT2D eigenvalue weighted by Crippen LogP contribution is 2.22. The van der Waals surface area contributed by atoms with E-state index in [0.29, 0.717) is 11.0 Å². The van der Waals surface area contributed by atoms with Crippen LogP contribution in [-0.4, -0.2) is 15.0 Å². The topological polar surface area (TPSA) is 84.7 Å². The van der Waals surface area contributed by atoms with Gasteiger partial charge in [-0.3, -0.25) is 4.79 Å². The van der Waals surface area contributed by atoms with Gasteiger partial charge >= 0.3 is 0 Å². The number of nitrogens with zero attached hydrogens (tertiary/aromatic N) is 2. The van der Waals surface area contributed by atoms with Gasteiger partial charge in [0.1, 0.15) is 5.82 Å². The summed E-state index contributed by atoms with van der Waals surface area (Å²) in [6.45, 7) is 0. The lowest BCUT2D eigenvalue weighted by Crippen LogP contribution is -2.14. The molecule has 0 aromatic carbocycles. The Morgan fingerprint density at radius 3 is 3.05 bits per heavy atom. The molecule has 0 aliphatic heterocycles. The van der Waals surface area contributed by atoms with E-state index in [1.807, 2.05) is 6.07 Å². The molecule has 0 bridgehead atoms. The van der Waals surface area contributed by atoms with Crippen molar-refractivity contribution in [2.24, 2.45) is 0 Å². The fourth-order valence-corrected chi connectivity index (χ4v) is 2.97. The molecule has 0 spiro atoms. The predicted octanol–water partition coefficient (Wildman–Crippen LogP) is 1.53. The molecule has 1 aliphatic carbocycles. The van der Waals surface area contributed by atoms with Crippen molar-refractivity contribution in [2.45, 2.75) is 30.2 Å². The van der Waals surface area contributed by atoms with Crippen molar-refractivity contribution in [2.75, 3.05) is 5.73 Å². The Labute approximate surface area is 114 Å². The van der Waals surface area contributed by atoms with E-state index in [1.165, 1.54) is 11.8 Å². The predicted molar refractivity (Wildman–Crippen MR) is 75.1 cm³/mol. The summed E-state index contributed by atoms with van der Waals surface area (Å²) < 4.78 is 0. The van der Waals surface area contributed by atoms with E-state index in [4.69, 9.17) is 5.73 Å². The highest BCUT2D eigenvalue weighted by atomic mass is 32.2. The first-order chi connectivity index (χ1) is 9.22. The molecule has 3 N–H and O–H groups in total. The number of hydrogen-bond donors (Lipinski definition) is 2. The second-order valence-electron chi connectivity index (χ2n) is 4.53. The molecule has 6 heteroatoms. The van der Waals surface area contributed by atoms with Gasteiger partial charge in [-0.25, -0.2) is 9.97 Å². The molecule has 3 rings (SSSR count). The molecular weight excluding hydrogens is 260 g/mol. The highest BCUT2D eigenvalue weighted by molar-refractivity contribution is 7.98. The minimum Gasteiger partial charge on any atom is -0.384 e. The number of nitrogens with one attached hydrogen (secondary N) is 1. The van der Waals surface area contributed by atoms with Gasteiger partial charge in [0.05, 0.1) is 5.69 Å². The molecule has 2 aromatic rings. The van der Waals surface area contributed by atoms with Crippen molar-refractivity contribution in [3.8, 4) is 0 Å². The van der Waals surface area contributed by atoms with Gasteiger partial charge in [-0.05, 0) is 30.9 Å². The van der Waals surface area contributed by atoms with Crippen LogP contribution in [0.2, 0.25) is 0 Å². The number of H-pyrrole nitrogens is 1. The van der Waals surface area contributed by atoms with E-state index in [-0.39, 0.29) is 5.56 Å². The normalized spacial score (nSPS) is 13.5. The fourth-order valence-electron chi connectivity index (χ4n) is 2.16. The molecule has 0 amide bonds. The smallest absolute Gasteiger partial charge is 0.254 e. The number of rotatable bonds is 3. The van der Waals surface area contributed by atoms with Gasteiger partial charge < -0.3 is 10.7 Å². The lowest BCUT2D eigenvalue weighted by atomic mass is 10.3. The van der Waals surface area contributed by atoms with Crippen molar-refractivity contribution >= 4 is 17.6 Å². The summed E-state index contributed by atoms with van der Waals surface area (Å²) in [5.74, 6) is 1.23. The largest absolute Gasteiger partial charge is 0.384 e. The maximum atomic E-state index is 11.9. The zero-order chi connectivity index (χ0) is 13.2. The zero-order valence-electron chi connectivity index (χ0n) is 10.3. The zero-order valence-corrected chi connectivity index (χ0v) is 11.2. The molecule has 0 radical (unpaired) electrons.